The summed E-state index contributed by atoms with van der Waals surface area (Å²) >= 11 is 0. The second-order valence-electron chi connectivity index (χ2n) is 13.1. The zero-order chi connectivity index (χ0) is 29.4. The fourth-order valence-electron chi connectivity index (χ4n) is 7.36. The van der Waals surface area contributed by atoms with Crippen molar-refractivity contribution in [3.63, 3.8) is 0 Å². The minimum Gasteiger partial charge on any atom is -0.462 e. The molecule has 1 aromatic carbocycles. The molecule has 0 bridgehead atoms. The molecule has 0 spiro atoms. The molecule has 0 N–H and O–H groups in total. The smallest absolute Gasteiger partial charge is 0.318 e. The number of carbonyl (C=O) groups is 1. The first-order valence-corrected chi connectivity index (χ1v) is 15.4. The Morgan fingerprint density at radius 1 is 1.14 bits per heavy atom. The second kappa shape index (κ2) is 11.6. The monoisotopic (exact) mass is 569 g/mol. The number of rotatable bonds is 7. The maximum atomic E-state index is 12.5. The molecule has 0 radical (unpaired) electrons. The van der Waals surface area contributed by atoms with Gasteiger partial charge in [-0.3, -0.25) is 4.79 Å². The quantitative estimate of drug-likeness (QED) is 0.466. The van der Waals surface area contributed by atoms with Crippen molar-refractivity contribution < 1.29 is 9.53 Å². The third kappa shape index (κ3) is 5.57. The van der Waals surface area contributed by atoms with Crippen molar-refractivity contribution in [1.82, 2.24) is 19.8 Å². The van der Waals surface area contributed by atoms with Gasteiger partial charge in [0.2, 0.25) is 5.91 Å². The highest BCUT2D eigenvalue weighted by Crippen LogP contribution is 2.42. The van der Waals surface area contributed by atoms with Crippen LogP contribution in [0.1, 0.15) is 55.5 Å². The molecule has 9 nitrogen and oxygen atoms in total. The molecule has 1 aromatic heterocycles. The molecule has 3 aliphatic heterocycles. The lowest BCUT2D eigenvalue weighted by molar-refractivity contribution is -0.128. The van der Waals surface area contributed by atoms with Crippen LogP contribution in [0.15, 0.2) is 30.9 Å². The highest BCUT2D eigenvalue weighted by molar-refractivity contribution is 5.87. The van der Waals surface area contributed by atoms with E-state index in [-0.39, 0.29) is 23.8 Å². The standard InChI is InChI=1S/C33H43N7O2/c1-5-30(41)40-17-16-39(20-24(40)11-13-34)31-26-12-15-38(29-10-6-8-23-18-33(2,3)19-27(23)29)21-28(26)35-32(36-31)42-22-25-9-7-14-37(25)4/h5-6,8,10,24-25H,1,7,9,11-12,14-22H2,2-4H3/t24-,25-/m0/s1. The summed E-state index contributed by atoms with van der Waals surface area (Å²) in [5, 5.41) is 9.53. The number of hydrogen-bond acceptors (Lipinski definition) is 8. The number of likely N-dealkylation sites (N-methyl/N-ethyl adjacent to an activating group) is 1. The van der Waals surface area contributed by atoms with Crippen LogP contribution >= 0.6 is 0 Å². The molecule has 2 aromatic rings. The lowest BCUT2D eigenvalue weighted by atomic mass is 9.90. The van der Waals surface area contributed by atoms with Gasteiger partial charge in [0.1, 0.15) is 12.4 Å². The van der Waals surface area contributed by atoms with Gasteiger partial charge in [-0.25, -0.2) is 0 Å². The predicted molar refractivity (Wildman–Crippen MR) is 164 cm³/mol. The van der Waals surface area contributed by atoms with Crippen molar-refractivity contribution in [3.8, 4) is 12.1 Å². The van der Waals surface area contributed by atoms with Crippen molar-refractivity contribution in [1.29, 1.82) is 5.26 Å². The van der Waals surface area contributed by atoms with E-state index in [9.17, 15) is 10.1 Å². The third-order valence-corrected chi connectivity index (χ3v) is 9.58. The van der Waals surface area contributed by atoms with Crippen molar-refractivity contribution >= 4 is 17.4 Å². The average Bonchev–Trinajstić information content (AvgIpc) is 3.54. The van der Waals surface area contributed by atoms with Gasteiger partial charge in [-0.05, 0) is 74.4 Å². The first kappa shape index (κ1) is 28.5. The lowest BCUT2D eigenvalue weighted by Crippen LogP contribution is -2.55. The molecule has 0 saturated carbocycles. The Hall–Kier alpha value is -3.64. The number of fused-ring (bicyclic) bond motifs is 2. The van der Waals surface area contributed by atoms with Crippen LogP contribution in [0.4, 0.5) is 11.5 Å². The van der Waals surface area contributed by atoms with Crippen LogP contribution in [0, 0.1) is 16.7 Å². The van der Waals surface area contributed by atoms with Crippen molar-refractivity contribution in [2.75, 3.05) is 56.2 Å². The summed E-state index contributed by atoms with van der Waals surface area (Å²) in [4.78, 5) is 31.4. The number of benzene rings is 1. The predicted octanol–water partition coefficient (Wildman–Crippen LogP) is 3.75. The normalized spacial score (nSPS) is 23.3. The molecule has 4 aliphatic rings. The molecule has 2 atom stereocenters. The van der Waals surface area contributed by atoms with E-state index in [1.807, 2.05) is 0 Å². The van der Waals surface area contributed by atoms with Crippen LogP contribution in [0.25, 0.3) is 0 Å². The van der Waals surface area contributed by atoms with E-state index in [4.69, 9.17) is 14.7 Å². The van der Waals surface area contributed by atoms with Gasteiger partial charge in [0.05, 0.1) is 30.8 Å². The maximum absolute atomic E-state index is 12.5. The summed E-state index contributed by atoms with van der Waals surface area (Å²) in [6.07, 6.45) is 6.95. The third-order valence-electron chi connectivity index (χ3n) is 9.58. The first-order chi connectivity index (χ1) is 20.3. The van der Waals surface area contributed by atoms with Gasteiger partial charge in [0.15, 0.2) is 0 Å². The number of anilines is 2. The number of piperazine rings is 1. The van der Waals surface area contributed by atoms with Gasteiger partial charge in [-0.2, -0.15) is 15.2 Å². The SMILES string of the molecule is C=CC(=O)N1CCN(c2nc(OC[C@@H]3CCCN3C)nc3c2CCN(c2cccc4c2CC(C)(C)C4)C3)C[C@@H]1CC#N. The Balaban J connectivity index is 1.31. The number of hydrogen-bond donors (Lipinski definition) is 0. The van der Waals surface area contributed by atoms with E-state index in [1.54, 1.807) is 4.90 Å². The molecule has 4 heterocycles. The van der Waals surface area contributed by atoms with E-state index in [2.05, 4.69) is 66.4 Å². The van der Waals surface area contributed by atoms with E-state index in [0.29, 0.717) is 44.8 Å². The van der Waals surface area contributed by atoms with Gasteiger partial charge in [-0.15, -0.1) is 0 Å². The van der Waals surface area contributed by atoms with Crippen molar-refractivity contribution in [3.05, 3.63) is 53.2 Å². The molecule has 222 valence electrons. The Kier molecular flexibility index (Phi) is 7.84. The molecule has 2 saturated heterocycles. The topological polar surface area (TPSA) is 88.8 Å². The van der Waals surface area contributed by atoms with Gasteiger partial charge < -0.3 is 24.3 Å². The van der Waals surface area contributed by atoms with E-state index >= 15 is 0 Å². The lowest BCUT2D eigenvalue weighted by Gasteiger charge is -2.42. The second-order valence-corrected chi connectivity index (χ2v) is 13.1. The molecular formula is C33H43N7O2. The summed E-state index contributed by atoms with van der Waals surface area (Å²) in [5.41, 5.74) is 6.71. The van der Waals surface area contributed by atoms with Crippen LogP contribution in [0.3, 0.4) is 0 Å². The molecule has 6 rings (SSSR count). The van der Waals surface area contributed by atoms with Crippen molar-refractivity contribution in [2.24, 2.45) is 5.41 Å². The number of amides is 1. The average molecular weight is 570 g/mol. The Bertz CT molecular complexity index is 1400. The molecule has 2 fully saturated rings. The van der Waals surface area contributed by atoms with Crippen LogP contribution in [0.5, 0.6) is 6.01 Å². The number of carbonyl (C=O) groups excluding carboxylic acids is 1. The number of nitrogens with zero attached hydrogens (tertiary/aromatic N) is 7. The summed E-state index contributed by atoms with van der Waals surface area (Å²) in [7, 11) is 2.15. The molecule has 1 amide bonds. The Morgan fingerprint density at radius 3 is 2.76 bits per heavy atom. The number of aromatic nitrogens is 2. The number of ether oxygens (including phenoxy) is 1. The van der Waals surface area contributed by atoms with Gasteiger partial charge in [0.25, 0.3) is 0 Å². The fourth-order valence-corrected chi connectivity index (χ4v) is 7.36. The summed E-state index contributed by atoms with van der Waals surface area (Å²) in [6.45, 7) is 13.3. The minimum atomic E-state index is -0.216. The minimum absolute atomic E-state index is 0.126. The molecule has 42 heavy (non-hydrogen) atoms. The summed E-state index contributed by atoms with van der Waals surface area (Å²) in [6, 6.07) is 9.60. The summed E-state index contributed by atoms with van der Waals surface area (Å²) in [5.74, 6) is 0.765. The molecule has 1 aliphatic carbocycles. The Morgan fingerprint density at radius 2 is 2.00 bits per heavy atom. The number of likely N-dealkylation sites (tertiary alicyclic amines) is 1. The highest BCUT2D eigenvalue weighted by Gasteiger charge is 2.35. The maximum Gasteiger partial charge on any atom is 0.318 e. The first-order valence-electron chi connectivity index (χ1n) is 15.4. The number of nitriles is 1. The van der Waals surface area contributed by atoms with E-state index in [0.717, 1.165) is 55.8 Å². The van der Waals surface area contributed by atoms with Gasteiger partial charge >= 0.3 is 6.01 Å². The fraction of sp³-hybridized carbons (Fsp3) is 0.576. The summed E-state index contributed by atoms with van der Waals surface area (Å²) < 4.78 is 6.31. The Labute approximate surface area is 249 Å². The zero-order valence-corrected chi connectivity index (χ0v) is 25.3. The van der Waals surface area contributed by atoms with Crippen molar-refractivity contribution in [2.45, 2.75) is 71.0 Å². The highest BCUT2D eigenvalue weighted by atomic mass is 16.5. The van der Waals surface area contributed by atoms with E-state index < -0.39 is 0 Å². The van der Waals surface area contributed by atoms with Gasteiger partial charge in [-0.1, -0.05) is 32.6 Å². The van der Waals surface area contributed by atoms with Crippen LogP contribution in [-0.2, 0) is 30.6 Å². The molecular weight excluding hydrogens is 526 g/mol. The van der Waals surface area contributed by atoms with Crippen LogP contribution in [0.2, 0.25) is 0 Å². The molecule has 9 heteroatoms. The van der Waals surface area contributed by atoms with Gasteiger partial charge in [0, 0.05) is 43.5 Å². The molecule has 0 unspecified atom stereocenters. The van der Waals surface area contributed by atoms with Crippen LogP contribution < -0.4 is 14.5 Å². The van der Waals surface area contributed by atoms with E-state index in [1.165, 1.54) is 29.3 Å². The van der Waals surface area contributed by atoms with Crippen LogP contribution in [-0.4, -0.2) is 84.1 Å². The zero-order valence-electron chi connectivity index (χ0n) is 25.3. The largest absolute Gasteiger partial charge is 0.462 e.